The first kappa shape index (κ1) is 19.5. The van der Waals surface area contributed by atoms with Crippen LogP contribution in [0.3, 0.4) is 0 Å². The van der Waals surface area contributed by atoms with Crippen molar-refractivity contribution in [2.24, 2.45) is 5.10 Å². The molecule has 0 spiro atoms. The predicted molar refractivity (Wildman–Crippen MR) is 109 cm³/mol. The second kappa shape index (κ2) is 7.90. The van der Waals surface area contributed by atoms with Crippen LogP contribution < -0.4 is 10.7 Å². The third-order valence-electron chi connectivity index (χ3n) is 5.26. The highest BCUT2D eigenvalue weighted by Gasteiger charge is 2.42. The van der Waals surface area contributed by atoms with E-state index < -0.39 is 29.7 Å². The van der Waals surface area contributed by atoms with Crippen molar-refractivity contribution in [3.05, 3.63) is 71.3 Å². The van der Waals surface area contributed by atoms with Gasteiger partial charge in [0, 0.05) is 13.0 Å². The summed E-state index contributed by atoms with van der Waals surface area (Å²) in [5.74, 6) is -1.74. The lowest BCUT2D eigenvalue weighted by atomic mass is 10.0. The third-order valence-corrected chi connectivity index (χ3v) is 5.26. The van der Waals surface area contributed by atoms with Gasteiger partial charge in [0.1, 0.15) is 17.8 Å². The monoisotopic (exact) mass is 404 g/mol. The summed E-state index contributed by atoms with van der Waals surface area (Å²) < 4.78 is 0. The summed E-state index contributed by atoms with van der Waals surface area (Å²) in [5, 5.41) is 6.80. The summed E-state index contributed by atoms with van der Waals surface area (Å²) in [4.78, 5) is 51.4. The molecule has 0 fully saturated rings. The Hall–Kier alpha value is -3.81. The Bertz CT molecular complexity index is 1030. The number of hydrogen-bond acceptors (Lipinski definition) is 6. The number of rotatable bonds is 6. The number of hydrogen-bond donors (Lipinski definition) is 2. The molecule has 2 aromatic rings. The second-order valence-electron chi connectivity index (χ2n) is 7.21. The lowest BCUT2D eigenvalue weighted by molar-refractivity contribution is -0.122. The number of fused-ring (bicyclic) bond motifs is 1. The Kier molecular flexibility index (Phi) is 5.14. The van der Waals surface area contributed by atoms with Gasteiger partial charge in [0.2, 0.25) is 11.7 Å². The van der Waals surface area contributed by atoms with E-state index in [-0.39, 0.29) is 29.2 Å². The van der Waals surface area contributed by atoms with Gasteiger partial charge in [-0.25, -0.2) is 0 Å². The molecule has 2 aromatic carbocycles. The Labute approximate surface area is 172 Å². The van der Waals surface area contributed by atoms with E-state index in [0.717, 1.165) is 10.5 Å². The maximum Gasteiger partial charge on any atom is 0.262 e. The van der Waals surface area contributed by atoms with Crippen molar-refractivity contribution in [1.82, 2.24) is 15.6 Å². The van der Waals surface area contributed by atoms with Crippen LogP contribution in [0.1, 0.15) is 39.6 Å². The molecule has 0 saturated carbocycles. The zero-order chi connectivity index (χ0) is 21.3. The Morgan fingerprint density at radius 1 is 1.07 bits per heavy atom. The van der Waals surface area contributed by atoms with Gasteiger partial charge in [0.15, 0.2) is 0 Å². The highest BCUT2D eigenvalue weighted by atomic mass is 16.2. The maximum absolute atomic E-state index is 12.9. The van der Waals surface area contributed by atoms with Crippen LogP contribution in [0.15, 0.2) is 59.7 Å². The van der Waals surface area contributed by atoms with Crippen LogP contribution in [0.5, 0.6) is 0 Å². The summed E-state index contributed by atoms with van der Waals surface area (Å²) in [5.41, 5.74) is 4.34. The van der Waals surface area contributed by atoms with Gasteiger partial charge in [-0.1, -0.05) is 42.5 Å². The molecule has 2 atom stereocenters. The zero-order valence-corrected chi connectivity index (χ0v) is 16.3. The minimum absolute atomic E-state index is 0.0902. The number of nitrogens with one attached hydrogen (secondary N) is 2. The van der Waals surface area contributed by atoms with Crippen molar-refractivity contribution in [1.29, 1.82) is 0 Å². The molecule has 2 unspecified atom stereocenters. The van der Waals surface area contributed by atoms with Crippen molar-refractivity contribution in [3.8, 4) is 0 Å². The van der Waals surface area contributed by atoms with Crippen LogP contribution in [0.4, 0.5) is 0 Å². The highest BCUT2D eigenvalue weighted by molar-refractivity contribution is 6.43. The van der Waals surface area contributed by atoms with Gasteiger partial charge in [-0.3, -0.25) is 29.5 Å². The van der Waals surface area contributed by atoms with E-state index in [1.165, 1.54) is 6.92 Å². The molecule has 2 aliphatic rings. The average Bonchev–Trinajstić information content (AvgIpc) is 3.36. The van der Waals surface area contributed by atoms with Gasteiger partial charge < -0.3 is 5.32 Å². The topological polar surface area (TPSA) is 108 Å². The fraction of sp³-hybridized carbons (Fsp3) is 0.227. The van der Waals surface area contributed by atoms with E-state index >= 15 is 0 Å². The van der Waals surface area contributed by atoms with Crippen LogP contribution in [0, 0.1) is 0 Å². The molecule has 30 heavy (non-hydrogen) atoms. The van der Waals surface area contributed by atoms with Gasteiger partial charge in [-0.05, 0) is 24.6 Å². The predicted octanol–water partition coefficient (Wildman–Crippen LogP) is 1.27. The number of ketones is 1. The second-order valence-corrected chi connectivity index (χ2v) is 7.21. The zero-order valence-electron chi connectivity index (χ0n) is 16.3. The number of carbonyl (C=O) groups is 4. The molecule has 3 amide bonds. The highest BCUT2D eigenvalue weighted by Crippen LogP contribution is 2.25. The first-order valence-corrected chi connectivity index (χ1v) is 9.62. The Balaban J connectivity index is 1.37. The van der Waals surface area contributed by atoms with Gasteiger partial charge in [-0.15, -0.1) is 0 Å². The number of amides is 3. The number of imide groups is 1. The largest absolute Gasteiger partial charge is 0.350 e. The Morgan fingerprint density at radius 2 is 1.67 bits per heavy atom. The molecular weight excluding hydrogens is 384 g/mol. The number of hydrazone groups is 1. The van der Waals surface area contributed by atoms with Crippen LogP contribution in [0.25, 0.3) is 0 Å². The van der Waals surface area contributed by atoms with Crippen molar-refractivity contribution >= 4 is 29.2 Å². The molecule has 4 rings (SSSR count). The molecule has 0 aromatic heterocycles. The van der Waals surface area contributed by atoms with E-state index in [2.05, 4.69) is 15.8 Å². The molecule has 8 heteroatoms. The minimum Gasteiger partial charge on any atom is -0.350 e. The molecule has 2 aliphatic heterocycles. The standard InChI is InChI=1S/C22H20N4O4/c1-13(26-21(29)15-9-5-6-10-16(15)22(26)30)19(27)17-11-18(25-24-17)20(28)23-12-14-7-3-2-4-8-14/h2-10,13,18,25H,11-12H2,1H3,(H,23,28). The third kappa shape index (κ3) is 3.47. The quantitative estimate of drug-likeness (QED) is 0.705. The number of carbonyl (C=O) groups excluding carboxylic acids is 4. The van der Waals surface area contributed by atoms with E-state index in [1.54, 1.807) is 24.3 Å². The summed E-state index contributed by atoms with van der Waals surface area (Å²) >= 11 is 0. The molecular formula is C22H20N4O4. The molecule has 2 heterocycles. The van der Waals surface area contributed by atoms with Crippen molar-refractivity contribution in [2.75, 3.05) is 0 Å². The molecule has 0 bridgehead atoms. The Morgan fingerprint density at radius 3 is 2.30 bits per heavy atom. The lowest BCUT2D eigenvalue weighted by Gasteiger charge is -2.21. The average molecular weight is 404 g/mol. The van der Waals surface area contributed by atoms with Crippen LogP contribution in [0.2, 0.25) is 0 Å². The van der Waals surface area contributed by atoms with E-state index in [1.807, 2.05) is 30.3 Å². The van der Waals surface area contributed by atoms with Gasteiger partial charge >= 0.3 is 0 Å². The SMILES string of the molecule is CC(C(=O)C1=NNC(C(=O)NCc2ccccc2)C1)N1C(=O)c2ccccc2C1=O. The molecule has 152 valence electrons. The number of benzene rings is 2. The maximum atomic E-state index is 12.9. The normalized spacial score (nSPS) is 18.5. The van der Waals surface area contributed by atoms with E-state index in [0.29, 0.717) is 6.54 Å². The van der Waals surface area contributed by atoms with Crippen LogP contribution in [-0.2, 0) is 16.1 Å². The van der Waals surface area contributed by atoms with E-state index in [4.69, 9.17) is 0 Å². The summed E-state index contributed by atoms with van der Waals surface area (Å²) in [6, 6.07) is 14.2. The van der Waals surface area contributed by atoms with Crippen molar-refractivity contribution < 1.29 is 19.2 Å². The van der Waals surface area contributed by atoms with Crippen molar-refractivity contribution in [3.63, 3.8) is 0 Å². The summed E-state index contributed by atoms with van der Waals surface area (Å²) in [6.45, 7) is 1.86. The van der Waals surface area contributed by atoms with Gasteiger partial charge in [0.25, 0.3) is 11.8 Å². The molecule has 8 nitrogen and oxygen atoms in total. The van der Waals surface area contributed by atoms with Gasteiger partial charge in [0.05, 0.1) is 11.1 Å². The fourth-order valence-corrected chi connectivity index (χ4v) is 3.57. The molecule has 2 N–H and O–H groups in total. The molecule has 0 radical (unpaired) electrons. The smallest absolute Gasteiger partial charge is 0.262 e. The summed E-state index contributed by atoms with van der Waals surface area (Å²) in [7, 11) is 0. The van der Waals surface area contributed by atoms with Crippen LogP contribution >= 0.6 is 0 Å². The van der Waals surface area contributed by atoms with Crippen molar-refractivity contribution in [2.45, 2.75) is 32.0 Å². The first-order chi connectivity index (χ1) is 14.5. The van der Waals surface area contributed by atoms with Crippen LogP contribution in [-0.4, -0.2) is 46.2 Å². The van der Waals surface area contributed by atoms with E-state index in [9.17, 15) is 19.2 Å². The lowest BCUT2D eigenvalue weighted by Crippen LogP contribution is -2.45. The number of nitrogens with zero attached hydrogens (tertiary/aromatic N) is 2. The molecule has 0 aliphatic carbocycles. The fourth-order valence-electron chi connectivity index (χ4n) is 3.57. The molecule has 0 saturated heterocycles. The van der Waals surface area contributed by atoms with Gasteiger partial charge in [-0.2, -0.15) is 5.10 Å². The number of Topliss-reactive ketones (excluding diaryl/α,β-unsaturated/α-hetero) is 1. The minimum atomic E-state index is -1.01. The summed E-state index contributed by atoms with van der Waals surface area (Å²) in [6.07, 6.45) is 0.0902. The first-order valence-electron chi connectivity index (χ1n) is 9.62.